The van der Waals surface area contributed by atoms with E-state index < -0.39 is 0 Å². The van der Waals surface area contributed by atoms with Gasteiger partial charge < -0.3 is 15.2 Å². The van der Waals surface area contributed by atoms with E-state index in [0.29, 0.717) is 12.1 Å². The van der Waals surface area contributed by atoms with Gasteiger partial charge in [0.05, 0.1) is 11.2 Å². The predicted molar refractivity (Wildman–Crippen MR) is 76.7 cm³/mol. The van der Waals surface area contributed by atoms with Crippen molar-refractivity contribution in [3.8, 4) is 5.75 Å². The SMILES string of the molecule is CC1(CNC(=O)c2cc(I)ccc2O)CCCO1. The lowest BCUT2D eigenvalue weighted by atomic mass is 10.0. The lowest BCUT2D eigenvalue weighted by molar-refractivity contribution is 0.0205. The summed E-state index contributed by atoms with van der Waals surface area (Å²) in [4.78, 5) is 12.0. The van der Waals surface area contributed by atoms with Crippen LogP contribution in [0, 0.1) is 3.57 Å². The first kappa shape index (κ1) is 13.6. The number of hydrogen-bond acceptors (Lipinski definition) is 3. The number of hydrogen-bond donors (Lipinski definition) is 2. The average molecular weight is 361 g/mol. The molecule has 0 aromatic heterocycles. The number of phenols is 1. The second-order valence-corrected chi connectivity index (χ2v) is 5.99. The third kappa shape index (κ3) is 3.14. The molecule has 1 aliphatic heterocycles. The van der Waals surface area contributed by atoms with E-state index in [-0.39, 0.29) is 17.3 Å². The number of ether oxygens (including phenoxy) is 1. The van der Waals surface area contributed by atoms with Crippen molar-refractivity contribution in [2.24, 2.45) is 0 Å². The Kier molecular flexibility index (Phi) is 4.11. The molecule has 0 spiro atoms. The molecule has 0 radical (unpaired) electrons. The number of phenolic OH excluding ortho intramolecular Hbond substituents is 1. The molecule has 18 heavy (non-hydrogen) atoms. The molecule has 1 heterocycles. The molecule has 1 atom stereocenters. The molecule has 0 aliphatic carbocycles. The maximum atomic E-state index is 12.0. The number of carbonyl (C=O) groups excluding carboxylic acids is 1. The maximum Gasteiger partial charge on any atom is 0.255 e. The lowest BCUT2D eigenvalue weighted by Gasteiger charge is -2.23. The van der Waals surface area contributed by atoms with E-state index in [1.165, 1.54) is 6.07 Å². The smallest absolute Gasteiger partial charge is 0.255 e. The summed E-state index contributed by atoms with van der Waals surface area (Å²) in [7, 11) is 0. The minimum absolute atomic E-state index is 0.00501. The quantitative estimate of drug-likeness (QED) is 0.813. The van der Waals surface area contributed by atoms with E-state index in [1.54, 1.807) is 12.1 Å². The van der Waals surface area contributed by atoms with Gasteiger partial charge in [-0.15, -0.1) is 0 Å². The number of carbonyl (C=O) groups is 1. The van der Waals surface area contributed by atoms with Crippen LogP contribution in [0.25, 0.3) is 0 Å². The zero-order chi connectivity index (χ0) is 13.2. The molecule has 1 saturated heterocycles. The number of benzene rings is 1. The molecule has 0 bridgehead atoms. The Morgan fingerprint density at radius 3 is 3.06 bits per heavy atom. The second kappa shape index (κ2) is 5.44. The summed E-state index contributed by atoms with van der Waals surface area (Å²) < 4.78 is 6.52. The summed E-state index contributed by atoms with van der Waals surface area (Å²) in [5.41, 5.74) is 0.0382. The van der Waals surface area contributed by atoms with Crippen molar-refractivity contribution >= 4 is 28.5 Å². The van der Waals surface area contributed by atoms with Crippen LogP contribution in [0.4, 0.5) is 0 Å². The van der Waals surface area contributed by atoms with Crippen LogP contribution in [0.2, 0.25) is 0 Å². The van der Waals surface area contributed by atoms with Crippen molar-refractivity contribution < 1.29 is 14.6 Å². The maximum absolute atomic E-state index is 12.0. The Balaban J connectivity index is 2.01. The largest absolute Gasteiger partial charge is 0.507 e. The molecule has 1 aromatic rings. The molecule has 2 rings (SSSR count). The molecule has 1 unspecified atom stereocenters. The van der Waals surface area contributed by atoms with Gasteiger partial charge >= 0.3 is 0 Å². The second-order valence-electron chi connectivity index (χ2n) is 4.75. The van der Waals surface area contributed by atoms with Gasteiger partial charge in [0.2, 0.25) is 0 Å². The molecule has 0 saturated carbocycles. The van der Waals surface area contributed by atoms with Crippen LogP contribution in [0.5, 0.6) is 5.75 Å². The number of aromatic hydroxyl groups is 1. The molecule has 1 fully saturated rings. The van der Waals surface area contributed by atoms with Gasteiger partial charge in [-0.1, -0.05) is 0 Å². The van der Waals surface area contributed by atoms with E-state index in [4.69, 9.17) is 4.74 Å². The van der Waals surface area contributed by atoms with E-state index in [2.05, 4.69) is 27.9 Å². The third-order valence-corrected chi connectivity index (χ3v) is 3.80. The molecular formula is C13H16INO3. The summed E-state index contributed by atoms with van der Waals surface area (Å²) >= 11 is 2.11. The zero-order valence-corrected chi connectivity index (χ0v) is 12.4. The Labute approximate surface area is 120 Å². The summed E-state index contributed by atoms with van der Waals surface area (Å²) in [6.07, 6.45) is 1.98. The Bertz CT molecular complexity index is 456. The molecule has 98 valence electrons. The number of nitrogens with one attached hydrogen (secondary N) is 1. The van der Waals surface area contributed by atoms with Gasteiger partial charge in [-0.3, -0.25) is 4.79 Å². The number of halogens is 1. The van der Waals surface area contributed by atoms with Crippen LogP contribution in [0.1, 0.15) is 30.1 Å². The first-order valence-corrected chi connectivity index (χ1v) is 6.99. The van der Waals surface area contributed by atoms with E-state index in [1.807, 2.05) is 6.92 Å². The Morgan fingerprint density at radius 1 is 1.61 bits per heavy atom. The predicted octanol–water partition coefficient (Wildman–Crippen LogP) is 2.30. The highest BCUT2D eigenvalue weighted by Gasteiger charge is 2.30. The van der Waals surface area contributed by atoms with E-state index >= 15 is 0 Å². The van der Waals surface area contributed by atoms with Gasteiger partial charge in [0.1, 0.15) is 5.75 Å². The molecular weight excluding hydrogens is 345 g/mol. The first-order chi connectivity index (χ1) is 8.50. The fourth-order valence-corrected chi connectivity index (χ4v) is 2.52. The number of rotatable bonds is 3. The summed E-state index contributed by atoms with van der Waals surface area (Å²) in [5, 5.41) is 12.5. The van der Waals surface area contributed by atoms with Gasteiger partial charge in [-0.05, 0) is 60.6 Å². The monoisotopic (exact) mass is 361 g/mol. The molecule has 1 aromatic carbocycles. The van der Waals surface area contributed by atoms with Crippen LogP contribution >= 0.6 is 22.6 Å². The lowest BCUT2D eigenvalue weighted by Crippen LogP contribution is -2.40. The average Bonchev–Trinajstić information content (AvgIpc) is 2.77. The molecule has 1 aliphatic rings. The van der Waals surface area contributed by atoms with E-state index in [0.717, 1.165) is 23.0 Å². The van der Waals surface area contributed by atoms with Gasteiger partial charge in [0.25, 0.3) is 5.91 Å². The van der Waals surface area contributed by atoms with Crippen molar-refractivity contribution in [3.05, 3.63) is 27.3 Å². The topological polar surface area (TPSA) is 58.6 Å². The van der Waals surface area contributed by atoms with Gasteiger partial charge in [0.15, 0.2) is 0 Å². The summed E-state index contributed by atoms with van der Waals surface area (Å²) in [6.45, 7) is 3.21. The van der Waals surface area contributed by atoms with Gasteiger partial charge in [-0.2, -0.15) is 0 Å². The highest BCUT2D eigenvalue weighted by atomic mass is 127. The van der Waals surface area contributed by atoms with Crippen LogP contribution in [-0.2, 0) is 4.74 Å². The third-order valence-electron chi connectivity index (χ3n) is 3.13. The van der Waals surface area contributed by atoms with Crippen molar-refractivity contribution in [2.75, 3.05) is 13.2 Å². The summed E-state index contributed by atoms with van der Waals surface area (Å²) in [5.74, 6) is -0.256. The fraction of sp³-hybridized carbons (Fsp3) is 0.462. The molecule has 2 N–H and O–H groups in total. The van der Waals surface area contributed by atoms with Crippen molar-refractivity contribution in [3.63, 3.8) is 0 Å². The number of amides is 1. The van der Waals surface area contributed by atoms with Crippen molar-refractivity contribution in [2.45, 2.75) is 25.4 Å². The minimum Gasteiger partial charge on any atom is -0.507 e. The first-order valence-electron chi connectivity index (χ1n) is 5.91. The normalized spacial score (nSPS) is 23.0. The zero-order valence-electron chi connectivity index (χ0n) is 10.2. The highest BCUT2D eigenvalue weighted by molar-refractivity contribution is 14.1. The Hall–Kier alpha value is -0.820. The van der Waals surface area contributed by atoms with Crippen LogP contribution < -0.4 is 5.32 Å². The molecule has 1 amide bonds. The van der Waals surface area contributed by atoms with Crippen LogP contribution in [-0.4, -0.2) is 29.8 Å². The molecule has 5 heteroatoms. The van der Waals surface area contributed by atoms with E-state index in [9.17, 15) is 9.90 Å². The standard InChI is InChI=1S/C13H16INO3/c1-13(5-2-6-18-13)8-15-12(17)10-7-9(14)3-4-11(10)16/h3-4,7,16H,2,5-6,8H2,1H3,(H,15,17). The van der Waals surface area contributed by atoms with Crippen LogP contribution in [0.15, 0.2) is 18.2 Å². The highest BCUT2D eigenvalue weighted by Crippen LogP contribution is 2.24. The Morgan fingerprint density at radius 2 is 2.39 bits per heavy atom. The van der Waals surface area contributed by atoms with Gasteiger partial charge in [-0.25, -0.2) is 0 Å². The minimum atomic E-state index is -0.271. The van der Waals surface area contributed by atoms with Crippen LogP contribution in [0.3, 0.4) is 0 Å². The fourth-order valence-electron chi connectivity index (χ4n) is 2.03. The summed E-state index contributed by atoms with van der Waals surface area (Å²) in [6, 6.07) is 4.96. The van der Waals surface area contributed by atoms with Gasteiger partial charge in [0, 0.05) is 16.7 Å². The van der Waals surface area contributed by atoms with Crippen molar-refractivity contribution in [1.29, 1.82) is 0 Å². The van der Waals surface area contributed by atoms with Crippen molar-refractivity contribution in [1.82, 2.24) is 5.32 Å². The molecule has 4 nitrogen and oxygen atoms in total.